The average molecular weight is 296 g/mol. The second kappa shape index (κ2) is 8.37. The monoisotopic (exact) mass is 296 g/mol. The maximum absolute atomic E-state index is 12.0. The summed E-state index contributed by atoms with van der Waals surface area (Å²) in [7, 11) is 0. The molecule has 2 atom stereocenters. The van der Waals surface area contributed by atoms with Crippen molar-refractivity contribution >= 4 is 11.9 Å². The first-order chi connectivity index (χ1) is 10.2. The number of esters is 1. The molecular formula is C16H28N2O3. The van der Waals surface area contributed by atoms with Gasteiger partial charge in [-0.2, -0.15) is 0 Å². The molecule has 5 nitrogen and oxygen atoms in total. The lowest BCUT2D eigenvalue weighted by Gasteiger charge is -2.28. The topological polar surface area (TPSA) is 58.6 Å². The molecule has 2 aliphatic rings. The van der Waals surface area contributed by atoms with Gasteiger partial charge in [-0.15, -0.1) is 0 Å². The third-order valence-electron chi connectivity index (χ3n) is 4.52. The molecule has 1 amide bonds. The van der Waals surface area contributed by atoms with Crippen molar-refractivity contribution in [3.8, 4) is 0 Å². The van der Waals surface area contributed by atoms with Crippen molar-refractivity contribution in [3.63, 3.8) is 0 Å². The molecule has 1 N–H and O–H groups in total. The Bertz CT molecular complexity index is 353. The van der Waals surface area contributed by atoms with Crippen LogP contribution < -0.4 is 5.32 Å². The van der Waals surface area contributed by atoms with E-state index in [1.807, 2.05) is 11.8 Å². The van der Waals surface area contributed by atoms with Crippen LogP contribution in [0, 0.1) is 5.92 Å². The van der Waals surface area contributed by atoms with Crippen molar-refractivity contribution < 1.29 is 14.3 Å². The summed E-state index contributed by atoms with van der Waals surface area (Å²) >= 11 is 0. The molecule has 2 fully saturated rings. The summed E-state index contributed by atoms with van der Waals surface area (Å²) in [4.78, 5) is 25.7. The third-order valence-corrected chi connectivity index (χ3v) is 4.52. The van der Waals surface area contributed by atoms with Crippen molar-refractivity contribution in [2.75, 3.05) is 26.2 Å². The molecule has 1 aliphatic carbocycles. The van der Waals surface area contributed by atoms with Gasteiger partial charge in [0.1, 0.15) is 0 Å². The van der Waals surface area contributed by atoms with Crippen LogP contribution in [-0.4, -0.2) is 49.1 Å². The molecule has 120 valence electrons. The van der Waals surface area contributed by atoms with E-state index in [1.165, 1.54) is 0 Å². The summed E-state index contributed by atoms with van der Waals surface area (Å²) in [5.41, 5.74) is 0. The first-order valence-corrected chi connectivity index (χ1v) is 8.38. The molecule has 2 unspecified atom stereocenters. The van der Waals surface area contributed by atoms with E-state index in [0.29, 0.717) is 19.1 Å². The fraction of sp³-hybridized carbons (Fsp3) is 0.875. The largest absolute Gasteiger partial charge is 0.466 e. The lowest BCUT2D eigenvalue weighted by Crippen LogP contribution is -2.39. The molecule has 2 rings (SSSR count). The Labute approximate surface area is 127 Å². The second-order valence-corrected chi connectivity index (χ2v) is 6.10. The maximum Gasteiger partial charge on any atom is 0.308 e. The number of hydrogen-bond donors (Lipinski definition) is 1. The summed E-state index contributed by atoms with van der Waals surface area (Å²) in [6.45, 7) is 4.87. The minimum atomic E-state index is -0.0582. The Balaban J connectivity index is 1.65. The summed E-state index contributed by atoms with van der Waals surface area (Å²) in [5, 5.41) is 3.45. The van der Waals surface area contributed by atoms with E-state index >= 15 is 0 Å². The smallest absolute Gasteiger partial charge is 0.308 e. The van der Waals surface area contributed by atoms with Crippen LogP contribution >= 0.6 is 0 Å². The predicted molar refractivity (Wildman–Crippen MR) is 80.8 cm³/mol. The van der Waals surface area contributed by atoms with Crippen molar-refractivity contribution in [1.29, 1.82) is 0 Å². The van der Waals surface area contributed by atoms with Crippen LogP contribution in [0.1, 0.15) is 51.9 Å². The molecule has 0 aromatic heterocycles. The molecular weight excluding hydrogens is 268 g/mol. The molecule has 0 radical (unpaired) electrons. The summed E-state index contributed by atoms with van der Waals surface area (Å²) in [6, 6.07) is 0.347. The molecule has 5 heteroatoms. The number of carbonyl (C=O) groups excluding carboxylic acids is 2. The van der Waals surface area contributed by atoms with E-state index in [-0.39, 0.29) is 17.8 Å². The molecule has 0 aromatic carbocycles. The highest BCUT2D eigenvalue weighted by Gasteiger charge is 2.28. The third kappa shape index (κ3) is 4.99. The fourth-order valence-corrected chi connectivity index (χ4v) is 3.36. The lowest BCUT2D eigenvalue weighted by atomic mass is 9.85. The highest BCUT2D eigenvalue weighted by Crippen LogP contribution is 2.25. The highest BCUT2D eigenvalue weighted by molar-refractivity contribution is 5.76. The molecule has 0 spiro atoms. The van der Waals surface area contributed by atoms with Gasteiger partial charge in [-0.3, -0.25) is 9.59 Å². The van der Waals surface area contributed by atoms with E-state index in [9.17, 15) is 9.59 Å². The van der Waals surface area contributed by atoms with Gasteiger partial charge in [0.25, 0.3) is 0 Å². The molecule has 1 aliphatic heterocycles. The van der Waals surface area contributed by atoms with Crippen LogP contribution in [-0.2, 0) is 14.3 Å². The van der Waals surface area contributed by atoms with Gasteiger partial charge in [0.2, 0.25) is 5.91 Å². The summed E-state index contributed by atoms with van der Waals surface area (Å²) in [6.07, 6.45) is 6.78. The Hall–Kier alpha value is -1.10. The van der Waals surface area contributed by atoms with Crippen LogP contribution in [0.3, 0.4) is 0 Å². The van der Waals surface area contributed by atoms with Crippen molar-refractivity contribution in [3.05, 3.63) is 0 Å². The van der Waals surface area contributed by atoms with Crippen LogP contribution in [0.5, 0.6) is 0 Å². The van der Waals surface area contributed by atoms with Gasteiger partial charge in [-0.05, 0) is 39.0 Å². The van der Waals surface area contributed by atoms with Gasteiger partial charge in [-0.1, -0.05) is 6.42 Å². The van der Waals surface area contributed by atoms with Crippen LogP contribution in [0.2, 0.25) is 0 Å². The average Bonchev–Trinajstić information content (AvgIpc) is 3.02. The Morgan fingerprint density at radius 2 is 1.95 bits per heavy atom. The van der Waals surface area contributed by atoms with Crippen LogP contribution in [0.4, 0.5) is 0 Å². The maximum atomic E-state index is 12.0. The molecule has 0 bridgehead atoms. The van der Waals surface area contributed by atoms with Gasteiger partial charge in [0, 0.05) is 32.1 Å². The molecule has 1 heterocycles. The van der Waals surface area contributed by atoms with E-state index < -0.39 is 0 Å². The predicted octanol–water partition coefficient (Wildman–Crippen LogP) is 1.71. The van der Waals surface area contributed by atoms with Gasteiger partial charge in [0.05, 0.1) is 12.5 Å². The zero-order valence-corrected chi connectivity index (χ0v) is 13.1. The lowest BCUT2D eigenvalue weighted by molar-refractivity contribution is -0.149. The van der Waals surface area contributed by atoms with Crippen LogP contribution in [0.25, 0.3) is 0 Å². The zero-order valence-electron chi connectivity index (χ0n) is 13.1. The second-order valence-electron chi connectivity index (χ2n) is 6.10. The molecule has 0 aromatic rings. The van der Waals surface area contributed by atoms with Crippen molar-refractivity contribution in [1.82, 2.24) is 10.2 Å². The minimum absolute atomic E-state index is 0.0329. The number of carbonyl (C=O) groups is 2. The first-order valence-electron chi connectivity index (χ1n) is 8.38. The van der Waals surface area contributed by atoms with E-state index in [4.69, 9.17) is 4.74 Å². The Morgan fingerprint density at radius 3 is 2.67 bits per heavy atom. The fourth-order valence-electron chi connectivity index (χ4n) is 3.36. The number of hydrogen-bond acceptors (Lipinski definition) is 4. The Kier molecular flexibility index (Phi) is 6.49. The number of amides is 1. The van der Waals surface area contributed by atoms with E-state index in [1.54, 1.807) is 0 Å². The number of nitrogens with one attached hydrogen (secondary N) is 1. The molecule has 1 saturated carbocycles. The summed E-state index contributed by atoms with van der Waals surface area (Å²) < 4.78 is 5.11. The van der Waals surface area contributed by atoms with Gasteiger partial charge in [0.15, 0.2) is 0 Å². The molecule has 21 heavy (non-hydrogen) atoms. The van der Waals surface area contributed by atoms with Gasteiger partial charge >= 0.3 is 5.97 Å². The van der Waals surface area contributed by atoms with Crippen LogP contribution in [0.15, 0.2) is 0 Å². The zero-order chi connectivity index (χ0) is 15.1. The number of rotatable bonds is 6. The molecule has 1 saturated heterocycles. The van der Waals surface area contributed by atoms with E-state index in [2.05, 4.69) is 5.32 Å². The number of ether oxygens (including phenoxy) is 1. The minimum Gasteiger partial charge on any atom is -0.466 e. The van der Waals surface area contributed by atoms with E-state index in [0.717, 1.165) is 58.2 Å². The van der Waals surface area contributed by atoms with Crippen molar-refractivity contribution in [2.24, 2.45) is 5.92 Å². The number of likely N-dealkylation sites (tertiary alicyclic amines) is 1. The first kappa shape index (κ1) is 16.3. The highest BCUT2D eigenvalue weighted by atomic mass is 16.5. The standard InChI is InChI=1S/C16H28N2O3/c1-2-21-16(20)13-6-5-7-14(12-13)17-9-8-15(19)18-10-3-4-11-18/h13-14,17H,2-12H2,1H3. The summed E-state index contributed by atoms with van der Waals surface area (Å²) in [5.74, 6) is 0.236. The normalized spacial score (nSPS) is 25.9. The van der Waals surface area contributed by atoms with Crippen molar-refractivity contribution in [2.45, 2.75) is 57.9 Å². The Morgan fingerprint density at radius 1 is 1.19 bits per heavy atom. The van der Waals surface area contributed by atoms with Gasteiger partial charge in [-0.25, -0.2) is 0 Å². The SMILES string of the molecule is CCOC(=O)C1CCCC(NCCC(=O)N2CCCC2)C1. The number of nitrogens with zero attached hydrogens (tertiary/aromatic N) is 1. The van der Waals surface area contributed by atoms with Gasteiger partial charge < -0.3 is 15.0 Å². The quantitative estimate of drug-likeness (QED) is 0.758.